The molecule has 1 aromatic heterocycles. The van der Waals surface area contributed by atoms with Crippen molar-refractivity contribution in [3.63, 3.8) is 0 Å². The number of likely N-dealkylation sites (N-methyl/N-ethyl adjacent to an activating group) is 1. The number of nitrogens with one attached hydrogen (secondary N) is 3. The highest BCUT2D eigenvalue weighted by molar-refractivity contribution is 7.92. The molecule has 10 heteroatoms. The molecule has 3 rings (SSSR count). The number of rotatable bonds is 6. The lowest BCUT2D eigenvalue weighted by atomic mass is 10.2. The van der Waals surface area contributed by atoms with Gasteiger partial charge < -0.3 is 10.6 Å². The molecule has 156 valence electrons. The van der Waals surface area contributed by atoms with Crippen LogP contribution >= 0.6 is 11.3 Å². The number of carbonyl (C=O) groups is 2. The van der Waals surface area contributed by atoms with Crippen molar-refractivity contribution in [3.05, 3.63) is 34.8 Å². The minimum Gasteiger partial charge on any atom is -0.359 e. The van der Waals surface area contributed by atoms with Crippen LogP contribution in [0.25, 0.3) is 0 Å². The average Bonchev–Trinajstić information content (AvgIpc) is 3.35. The highest BCUT2D eigenvalue weighted by Crippen LogP contribution is 2.33. The van der Waals surface area contributed by atoms with Gasteiger partial charge in [0, 0.05) is 12.4 Å². The quantitative estimate of drug-likeness (QED) is 0.643. The third-order valence-electron chi connectivity index (χ3n) is 4.83. The Labute approximate surface area is 174 Å². The van der Waals surface area contributed by atoms with Crippen molar-refractivity contribution in [2.45, 2.75) is 49.2 Å². The predicted molar refractivity (Wildman–Crippen MR) is 113 cm³/mol. The topological polar surface area (TPSA) is 117 Å². The van der Waals surface area contributed by atoms with Crippen LogP contribution in [0.4, 0.5) is 15.6 Å². The third-order valence-corrected chi connectivity index (χ3v) is 7.93. The molecule has 0 spiro atoms. The van der Waals surface area contributed by atoms with Gasteiger partial charge in [-0.3, -0.25) is 10.1 Å². The molecule has 0 radical (unpaired) electrons. The lowest BCUT2D eigenvalue weighted by Gasteiger charge is -2.16. The van der Waals surface area contributed by atoms with Crippen molar-refractivity contribution in [1.29, 1.82) is 0 Å². The number of sulfone groups is 1. The number of aryl methyl sites for hydroxylation is 1. The molecule has 0 saturated heterocycles. The van der Waals surface area contributed by atoms with Gasteiger partial charge in [0.05, 0.1) is 27.9 Å². The fourth-order valence-corrected chi connectivity index (χ4v) is 6.09. The van der Waals surface area contributed by atoms with E-state index >= 15 is 0 Å². The van der Waals surface area contributed by atoms with Gasteiger partial charge in [-0.2, -0.15) is 0 Å². The maximum Gasteiger partial charge on any atom is 0.325 e. The monoisotopic (exact) mass is 436 g/mol. The lowest BCUT2D eigenvalue weighted by Crippen LogP contribution is -2.24. The second kappa shape index (κ2) is 8.91. The number of anilines is 2. The van der Waals surface area contributed by atoms with Crippen molar-refractivity contribution >= 4 is 43.9 Å². The van der Waals surface area contributed by atoms with Gasteiger partial charge in [-0.25, -0.2) is 18.2 Å². The summed E-state index contributed by atoms with van der Waals surface area (Å²) in [5.41, 5.74) is 1.61. The van der Waals surface area contributed by atoms with E-state index in [2.05, 4.69) is 20.9 Å². The van der Waals surface area contributed by atoms with Crippen molar-refractivity contribution < 1.29 is 18.0 Å². The molecule has 0 bridgehead atoms. The molecule has 3 N–H and O–H groups in total. The molecule has 29 heavy (non-hydrogen) atoms. The Bertz CT molecular complexity index is 1010. The predicted octanol–water partition coefficient (Wildman–Crippen LogP) is 3.10. The van der Waals surface area contributed by atoms with E-state index in [1.54, 1.807) is 30.6 Å². The normalized spacial score (nSPS) is 14.6. The van der Waals surface area contributed by atoms with Gasteiger partial charge in [0.1, 0.15) is 0 Å². The molecule has 0 atom stereocenters. The smallest absolute Gasteiger partial charge is 0.325 e. The molecule has 1 aliphatic carbocycles. The fourth-order valence-electron chi connectivity index (χ4n) is 3.30. The average molecular weight is 437 g/mol. The maximum absolute atomic E-state index is 13.1. The van der Waals surface area contributed by atoms with Crippen molar-refractivity contribution in [3.8, 4) is 0 Å². The van der Waals surface area contributed by atoms with Gasteiger partial charge in [-0.1, -0.05) is 18.9 Å². The summed E-state index contributed by atoms with van der Waals surface area (Å²) < 4.78 is 26.1. The van der Waals surface area contributed by atoms with Gasteiger partial charge in [0.2, 0.25) is 5.91 Å². The number of nitrogens with zero attached hydrogens (tertiary/aromatic N) is 1. The zero-order valence-corrected chi connectivity index (χ0v) is 18.0. The van der Waals surface area contributed by atoms with Crippen LogP contribution in [-0.4, -0.2) is 37.6 Å². The molecule has 8 nitrogen and oxygen atoms in total. The van der Waals surface area contributed by atoms with E-state index in [4.69, 9.17) is 0 Å². The Morgan fingerprint density at radius 2 is 1.93 bits per heavy atom. The van der Waals surface area contributed by atoms with E-state index in [0.29, 0.717) is 23.7 Å². The van der Waals surface area contributed by atoms with Gasteiger partial charge in [-0.05, 0) is 37.5 Å². The SMILES string of the molecule is CNC(=O)Cc1csc(NC(=O)Nc2ccc(C)cc2S(=O)(=O)C2CCCC2)n1. The fraction of sp³-hybridized carbons (Fsp3) is 0.421. The molecular formula is C19H24N4O4S2. The molecule has 1 heterocycles. The molecule has 3 amide bonds. The van der Waals surface area contributed by atoms with Crippen molar-refractivity contribution in [1.82, 2.24) is 10.3 Å². The van der Waals surface area contributed by atoms with E-state index in [0.717, 1.165) is 18.4 Å². The Hall–Kier alpha value is -2.46. The van der Waals surface area contributed by atoms with Crippen LogP contribution in [0.3, 0.4) is 0 Å². The number of aromatic nitrogens is 1. The van der Waals surface area contributed by atoms with E-state index in [-0.39, 0.29) is 22.9 Å². The van der Waals surface area contributed by atoms with Crippen LogP contribution < -0.4 is 16.0 Å². The zero-order valence-electron chi connectivity index (χ0n) is 16.3. The summed E-state index contributed by atoms with van der Waals surface area (Å²) in [7, 11) is -1.98. The van der Waals surface area contributed by atoms with Crippen LogP contribution in [0.5, 0.6) is 0 Å². The minimum absolute atomic E-state index is 0.123. The summed E-state index contributed by atoms with van der Waals surface area (Å²) in [4.78, 5) is 28.2. The van der Waals surface area contributed by atoms with Crippen molar-refractivity contribution in [2.75, 3.05) is 17.7 Å². The summed E-state index contributed by atoms with van der Waals surface area (Å²) in [6.07, 6.45) is 3.23. The first kappa shape index (κ1) is 21.3. The third kappa shape index (κ3) is 5.13. The first-order valence-corrected chi connectivity index (χ1v) is 11.8. The van der Waals surface area contributed by atoms with Crippen LogP contribution in [-0.2, 0) is 21.1 Å². The number of benzene rings is 1. The van der Waals surface area contributed by atoms with E-state index in [1.807, 2.05) is 6.92 Å². The van der Waals surface area contributed by atoms with Gasteiger partial charge in [0.15, 0.2) is 15.0 Å². The molecule has 0 aliphatic heterocycles. The van der Waals surface area contributed by atoms with Crippen LogP contribution in [0.1, 0.15) is 36.9 Å². The van der Waals surface area contributed by atoms with Gasteiger partial charge >= 0.3 is 6.03 Å². The number of urea groups is 1. The summed E-state index contributed by atoms with van der Waals surface area (Å²) in [5, 5.41) is 9.36. The second-order valence-electron chi connectivity index (χ2n) is 7.02. The highest BCUT2D eigenvalue weighted by atomic mass is 32.2. The number of hydrogen-bond donors (Lipinski definition) is 3. The van der Waals surface area contributed by atoms with E-state index in [9.17, 15) is 18.0 Å². The standard InChI is InChI=1S/C19H24N4O4S2/c1-12-7-8-15(16(9-12)29(26,27)14-5-3-4-6-14)22-18(25)23-19-21-13(11-28-19)10-17(24)20-2/h7-9,11,14H,3-6,10H2,1-2H3,(H,20,24)(H2,21,22,23,25). The molecule has 0 unspecified atom stereocenters. The molecule has 1 saturated carbocycles. The molecule has 1 aliphatic rings. The first-order chi connectivity index (χ1) is 13.8. The van der Waals surface area contributed by atoms with Gasteiger partial charge in [-0.15, -0.1) is 11.3 Å². The minimum atomic E-state index is -3.52. The molecule has 2 aromatic rings. The number of amides is 3. The highest BCUT2D eigenvalue weighted by Gasteiger charge is 2.32. The van der Waals surface area contributed by atoms with Crippen LogP contribution in [0.15, 0.2) is 28.5 Å². The van der Waals surface area contributed by atoms with Crippen LogP contribution in [0, 0.1) is 6.92 Å². The Morgan fingerprint density at radius 1 is 1.21 bits per heavy atom. The van der Waals surface area contributed by atoms with Crippen LogP contribution in [0.2, 0.25) is 0 Å². The Kier molecular flexibility index (Phi) is 6.53. The maximum atomic E-state index is 13.1. The zero-order chi connectivity index (χ0) is 21.0. The van der Waals surface area contributed by atoms with E-state index < -0.39 is 21.1 Å². The molecular weight excluding hydrogens is 412 g/mol. The van der Waals surface area contributed by atoms with E-state index in [1.165, 1.54) is 11.3 Å². The molecule has 1 aromatic carbocycles. The summed E-state index contributed by atoms with van der Waals surface area (Å²) in [6, 6.07) is 4.38. The first-order valence-electron chi connectivity index (χ1n) is 9.37. The largest absolute Gasteiger partial charge is 0.359 e. The number of thiazole rings is 1. The number of hydrogen-bond acceptors (Lipinski definition) is 6. The lowest BCUT2D eigenvalue weighted by molar-refractivity contribution is -0.120. The van der Waals surface area contributed by atoms with Crippen molar-refractivity contribution in [2.24, 2.45) is 0 Å². The Morgan fingerprint density at radius 3 is 2.62 bits per heavy atom. The number of carbonyl (C=O) groups excluding carboxylic acids is 2. The van der Waals surface area contributed by atoms with Gasteiger partial charge in [0.25, 0.3) is 0 Å². The second-order valence-corrected chi connectivity index (χ2v) is 10.1. The summed E-state index contributed by atoms with van der Waals surface area (Å²) in [6.45, 7) is 1.82. The molecule has 1 fully saturated rings. The summed E-state index contributed by atoms with van der Waals surface area (Å²) in [5.74, 6) is -0.173. The summed E-state index contributed by atoms with van der Waals surface area (Å²) >= 11 is 1.19. The Balaban J connectivity index is 1.75.